The molecule has 1 heterocycles. The van der Waals surface area contributed by atoms with E-state index in [0.29, 0.717) is 5.92 Å². The highest BCUT2D eigenvalue weighted by Gasteiger charge is 2.44. The predicted molar refractivity (Wildman–Crippen MR) is 216 cm³/mol. The molecule has 1 saturated carbocycles. The quantitative estimate of drug-likeness (QED) is 0.0913. The van der Waals surface area contributed by atoms with Crippen LogP contribution in [0.5, 0.6) is 0 Å². The van der Waals surface area contributed by atoms with Gasteiger partial charge in [-0.2, -0.15) is 0 Å². The van der Waals surface area contributed by atoms with Gasteiger partial charge in [0.05, 0.1) is 12.1 Å². The van der Waals surface area contributed by atoms with Crippen LogP contribution < -0.4 is 21.3 Å². The molecule has 1 aliphatic heterocycles. The molecule has 14 nitrogen and oxygen atoms in total. The average Bonchev–Trinajstić information content (AvgIpc) is 3.42. The number of carbonyl (C=O) groups is 7. The van der Waals surface area contributed by atoms with Crippen molar-refractivity contribution >= 4 is 41.4 Å². The van der Waals surface area contributed by atoms with Gasteiger partial charge in [0.25, 0.3) is 11.8 Å². The van der Waals surface area contributed by atoms with E-state index < -0.39 is 64.8 Å². The van der Waals surface area contributed by atoms with Crippen molar-refractivity contribution in [3.63, 3.8) is 0 Å². The van der Waals surface area contributed by atoms with Crippen LogP contribution in [0.15, 0.2) is 23.8 Å². The van der Waals surface area contributed by atoms with Crippen molar-refractivity contribution in [1.29, 1.82) is 0 Å². The van der Waals surface area contributed by atoms with Crippen LogP contribution in [0.3, 0.4) is 0 Å². The Morgan fingerprint density at radius 3 is 1.98 bits per heavy atom. The molecule has 0 saturated heterocycles. The molecule has 1 fully saturated rings. The first-order valence-corrected chi connectivity index (χ1v) is 20.1. The van der Waals surface area contributed by atoms with Crippen molar-refractivity contribution in [1.82, 2.24) is 31.1 Å². The second-order valence-corrected chi connectivity index (χ2v) is 18.3. The number of rotatable bonds is 18. The third-order valence-electron chi connectivity index (χ3n) is 10.8. The maximum atomic E-state index is 14.3. The fourth-order valence-electron chi connectivity index (χ4n) is 7.45. The Morgan fingerprint density at radius 2 is 1.48 bits per heavy atom. The Morgan fingerprint density at radius 1 is 0.911 bits per heavy atom. The van der Waals surface area contributed by atoms with Crippen LogP contribution in [-0.2, 0) is 38.3 Å². The maximum absolute atomic E-state index is 14.3. The van der Waals surface area contributed by atoms with Gasteiger partial charge >= 0.3 is 5.97 Å². The first-order chi connectivity index (χ1) is 25.8. The normalized spacial score (nSPS) is 18.0. The summed E-state index contributed by atoms with van der Waals surface area (Å²) in [5, 5.41) is 11.7. The van der Waals surface area contributed by atoms with Crippen molar-refractivity contribution in [2.24, 2.45) is 22.7 Å². The van der Waals surface area contributed by atoms with Crippen LogP contribution in [0.2, 0.25) is 0 Å². The molecular weight excluding hydrogens is 716 g/mol. The Balaban J connectivity index is 2.22. The first-order valence-electron chi connectivity index (χ1n) is 20.1. The van der Waals surface area contributed by atoms with Gasteiger partial charge < -0.3 is 30.9 Å². The summed E-state index contributed by atoms with van der Waals surface area (Å²) in [5.74, 6) is -2.92. The monoisotopic (exact) mass is 787 g/mol. The summed E-state index contributed by atoms with van der Waals surface area (Å²) in [5.41, 5.74) is -1.59. The molecule has 0 bridgehead atoms. The van der Waals surface area contributed by atoms with Gasteiger partial charge in [-0.05, 0) is 76.7 Å². The Labute approximate surface area is 334 Å². The van der Waals surface area contributed by atoms with Gasteiger partial charge in [-0.1, -0.05) is 73.8 Å². The van der Waals surface area contributed by atoms with E-state index in [9.17, 15) is 33.6 Å². The molecule has 2 aliphatic rings. The highest BCUT2D eigenvalue weighted by Crippen LogP contribution is 2.41. The zero-order valence-corrected chi connectivity index (χ0v) is 36.2. The van der Waals surface area contributed by atoms with Gasteiger partial charge in [0, 0.05) is 44.3 Å². The Bertz CT molecular complexity index is 1480. The molecule has 0 aromatic carbocycles. The summed E-state index contributed by atoms with van der Waals surface area (Å²) < 4.78 is 5.56. The van der Waals surface area contributed by atoms with E-state index in [1.165, 1.54) is 6.42 Å². The second-order valence-electron chi connectivity index (χ2n) is 18.3. The van der Waals surface area contributed by atoms with Gasteiger partial charge in [0.2, 0.25) is 23.6 Å². The summed E-state index contributed by atoms with van der Waals surface area (Å²) >= 11 is 0. The molecule has 316 valence electrons. The van der Waals surface area contributed by atoms with Crippen LogP contribution in [-0.4, -0.2) is 108 Å². The number of hydrogen-bond donors (Lipinski definition) is 4. The molecule has 0 aromatic rings. The molecule has 0 aromatic heterocycles. The molecule has 2 rings (SSSR count). The van der Waals surface area contributed by atoms with Crippen LogP contribution in [0.1, 0.15) is 121 Å². The van der Waals surface area contributed by atoms with Crippen LogP contribution in [0, 0.1) is 22.7 Å². The molecule has 6 amide bonds. The summed E-state index contributed by atoms with van der Waals surface area (Å²) in [6.45, 7) is 20.5. The predicted octanol–water partition coefficient (Wildman–Crippen LogP) is 3.79. The third-order valence-corrected chi connectivity index (χ3v) is 10.8. The lowest BCUT2D eigenvalue weighted by molar-refractivity contribution is -0.158. The Hall–Kier alpha value is -4.07. The lowest BCUT2D eigenvalue weighted by atomic mass is 9.66. The van der Waals surface area contributed by atoms with Crippen molar-refractivity contribution in [3.05, 3.63) is 23.8 Å². The van der Waals surface area contributed by atoms with E-state index in [4.69, 9.17) is 4.74 Å². The topological polar surface area (TPSA) is 183 Å². The maximum Gasteiger partial charge on any atom is 0.329 e. The Kier molecular flexibility index (Phi) is 17.5. The number of esters is 1. The molecule has 4 atom stereocenters. The van der Waals surface area contributed by atoms with Crippen LogP contribution >= 0.6 is 0 Å². The minimum absolute atomic E-state index is 0.00146. The highest BCUT2D eigenvalue weighted by atomic mass is 16.6. The third kappa shape index (κ3) is 13.8. The fourth-order valence-corrected chi connectivity index (χ4v) is 7.45. The van der Waals surface area contributed by atoms with E-state index in [-0.39, 0.29) is 54.7 Å². The van der Waals surface area contributed by atoms with Crippen LogP contribution in [0.4, 0.5) is 0 Å². The van der Waals surface area contributed by atoms with Crippen molar-refractivity contribution < 1.29 is 38.3 Å². The summed E-state index contributed by atoms with van der Waals surface area (Å²) in [6.07, 6.45) is 9.41. The number of carbonyl (C=O) groups excluding carboxylic acids is 7. The average molecular weight is 787 g/mol. The lowest BCUT2D eigenvalue weighted by Gasteiger charge is -2.43. The minimum atomic E-state index is -1.17. The summed E-state index contributed by atoms with van der Waals surface area (Å²) in [4.78, 5) is 94.0. The first kappa shape index (κ1) is 48.1. The van der Waals surface area contributed by atoms with Crippen molar-refractivity contribution in [2.45, 2.75) is 151 Å². The molecule has 4 N–H and O–H groups in total. The number of nitrogens with one attached hydrogen (secondary N) is 4. The highest BCUT2D eigenvalue weighted by molar-refractivity contribution is 6.12. The molecular formula is C42H70N6O8. The van der Waals surface area contributed by atoms with Gasteiger partial charge in [-0.15, -0.1) is 0 Å². The summed E-state index contributed by atoms with van der Waals surface area (Å²) in [6, 6.07) is -3.09. The van der Waals surface area contributed by atoms with Crippen LogP contribution in [0.25, 0.3) is 0 Å². The number of amides is 6. The zero-order valence-electron chi connectivity index (χ0n) is 36.2. The number of nitrogens with zero attached hydrogens (tertiary/aromatic N) is 2. The van der Waals surface area contributed by atoms with Gasteiger partial charge in [0.15, 0.2) is 0 Å². The molecule has 0 radical (unpaired) electrons. The van der Waals surface area contributed by atoms with E-state index >= 15 is 0 Å². The summed E-state index contributed by atoms with van der Waals surface area (Å²) in [7, 11) is 3.45. The fraction of sp³-hybridized carbons (Fsp3) is 0.738. The number of likely N-dealkylation sites (N-methyl/N-ethyl adjacent to an activating group) is 2. The second kappa shape index (κ2) is 20.4. The standard InChI is InChI=1S/C42H70N6O8/c1-26(2)30(47(13)38(54)35(40(4,5)6)46-37(53)34(43-12)42(10,11)28-17-15-14-16-18-28)25-27(3)36(52)45-29(39(55)56-41(7,8)9)19-20-31(49)44-23-24-48-32(50)21-22-33(48)51/h21-22,25-26,28-30,34-35,43H,14-20,23-24H2,1-13H3,(H,44,49)(H,45,52)(H,46,53)/b27-25+/t29-,30-,34-,35-/m1/s1. The number of hydrogen-bond acceptors (Lipinski definition) is 9. The molecule has 14 heteroatoms. The lowest BCUT2D eigenvalue weighted by Crippen LogP contribution is -2.61. The molecule has 1 aliphatic carbocycles. The molecule has 0 spiro atoms. The van der Waals surface area contributed by atoms with E-state index in [2.05, 4.69) is 35.1 Å². The SMILES string of the molecule is CN[C@H](C(=O)N[C@H](C(=O)N(C)[C@H](/C=C(\C)C(=O)N[C@H](CCC(=O)NCCN1C(=O)C=CC1=O)C(=O)OC(C)(C)C)C(C)C)C(C)(C)C)C(C)(C)C1CCCCC1. The van der Waals surface area contributed by atoms with Crippen molar-refractivity contribution in [3.8, 4) is 0 Å². The van der Waals surface area contributed by atoms with Gasteiger partial charge in [-0.25, -0.2) is 4.79 Å². The molecule has 56 heavy (non-hydrogen) atoms. The van der Waals surface area contributed by atoms with Crippen molar-refractivity contribution in [2.75, 3.05) is 27.2 Å². The smallest absolute Gasteiger partial charge is 0.329 e. The minimum Gasteiger partial charge on any atom is -0.458 e. The molecule has 0 unspecified atom stereocenters. The number of imide groups is 1. The largest absolute Gasteiger partial charge is 0.458 e. The van der Waals surface area contributed by atoms with Gasteiger partial charge in [-0.3, -0.25) is 33.7 Å². The van der Waals surface area contributed by atoms with E-state index in [0.717, 1.165) is 42.7 Å². The zero-order chi connectivity index (χ0) is 42.8. The number of ether oxygens (including phenoxy) is 1. The van der Waals surface area contributed by atoms with E-state index in [1.807, 2.05) is 34.6 Å². The van der Waals surface area contributed by atoms with Gasteiger partial charge in [0.1, 0.15) is 17.7 Å². The van der Waals surface area contributed by atoms with E-state index in [1.54, 1.807) is 52.8 Å².